The van der Waals surface area contributed by atoms with Gasteiger partial charge in [0, 0.05) is 12.8 Å². The minimum Gasteiger partial charge on any atom is -0.632 e. The number of hydroxylamine groups is 3. The van der Waals surface area contributed by atoms with Gasteiger partial charge in [0.05, 0.1) is 25.6 Å². The smallest absolute Gasteiger partial charge is 0.362 e. The third-order valence-corrected chi connectivity index (χ3v) is 2.47. The van der Waals surface area contributed by atoms with E-state index in [1.807, 2.05) is 6.07 Å². The Morgan fingerprint density at radius 1 is 1.77 bits per heavy atom. The van der Waals surface area contributed by atoms with Crippen LogP contribution >= 0.6 is 0 Å². The molecular weight excluding hydrogens is 172 g/mol. The number of carboxylic acids is 1. The predicted molar refractivity (Wildman–Crippen MR) is 44.2 cm³/mol. The molecule has 72 valence electrons. The van der Waals surface area contributed by atoms with Crippen LogP contribution in [0.1, 0.15) is 19.3 Å². The molecule has 0 saturated carbocycles. The predicted octanol–water partition coefficient (Wildman–Crippen LogP) is 0.462. The third-order valence-electron chi connectivity index (χ3n) is 2.47. The summed E-state index contributed by atoms with van der Waals surface area (Å²) in [6.07, 6.45) is 1.21. The van der Waals surface area contributed by atoms with E-state index in [9.17, 15) is 10.0 Å². The summed E-state index contributed by atoms with van der Waals surface area (Å²) in [5, 5.41) is 28.9. The highest BCUT2D eigenvalue weighted by Gasteiger charge is 2.39. The molecule has 0 aromatic rings. The van der Waals surface area contributed by atoms with Crippen LogP contribution in [-0.4, -0.2) is 34.9 Å². The second-order valence-electron chi connectivity index (χ2n) is 3.30. The normalized spacial score (nSPS) is 32.8. The minimum absolute atomic E-state index is 0.105. The van der Waals surface area contributed by atoms with Crippen LogP contribution in [0.2, 0.25) is 0 Å². The van der Waals surface area contributed by atoms with Gasteiger partial charge in [-0.2, -0.15) is 5.26 Å². The largest absolute Gasteiger partial charge is 0.632 e. The van der Waals surface area contributed by atoms with E-state index >= 15 is 0 Å². The Morgan fingerprint density at radius 2 is 2.46 bits per heavy atom. The van der Waals surface area contributed by atoms with Gasteiger partial charge >= 0.3 is 5.97 Å². The average molecular weight is 184 g/mol. The quantitative estimate of drug-likeness (QED) is 0.510. The summed E-state index contributed by atoms with van der Waals surface area (Å²) in [6, 6.07) is 1.02. The van der Waals surface area contributed by atoms with Crippen molar-refractivity contribution in [2.45, 2.75) is 25.3 Å². The van der Waals surface area contributed by atoms with E-state index in [0.29, 0.717) is 19.4 Å². The highest BCUT2D eigenvalue weighted by molar-refractivity contribution is 5.72. The van der Waals surface area contributed by atoms with Crippen LogP contribution in [0.3, 0.4) is 0 Å². The molecule has 1 saturated heterocycles. The fourth-order valence-corrected chi connectivity index (χ4v) is 1.78. The Morgan fingerprint density at radius 3 is 3.00 bits per heavy atom. The lowest BCUT2D eigenvalue weighted by Gasteiger charge is -2.41. The van der Waals surface area contributed by atoms with E-state index in [2.05, 4.69) is 0 Å². The first-order chi connectivity index (χ1) is 6.10. The zero-order valence-electron chi connectivity index (χ0n) is 7.27. The number of aliphatic carboxylic acids is 1. The van der Waals surface area contributed by atoms with E-state index in [-0.39, 0.29) is 13.0 Å². The molecule has 0 amide bonds. The number of carbonyl (C=O) groups is 1. The van der Waals surface area contributed by atoms with E-state index < -0.39 is 16.7 Å². The molecular formula is C8H12N2O3. The van der Waals surface area contributed by atoms with E-state index in [4.69, 9.17) is 10.4 Å². The number of rotatable bonds is 3. The van der Waals surface area contributed by atoms with Crippen molar-refractivity contribution < 1.29 is 14.5 Å². The number of carboxylic acid groups (broad SMARTS) is 1. The molecule has 0 bridgehead atoms. The molecule has 1 heterocycles. The Kier molecular flexibility index (Phi) is 2.86. The molecule has 13 heavy (non-hydrogen) atoms. The summed E-state index contributed by atoms with van der Waals surface area (Å²) >= 11 is 0. The van der Waals surface area contributed by atoms with Crippen LogP contribution in [-0.2, 0) is 4.79 Å². The van der Waals surface area contributed by atoms with Gasteiger partial charge in [0.15, 0.2) is 6.04 Å². The number of nitriles is 1. The van der Waals surface area contributed by atoms with Crippen molar-refractivity contribution in [3.05, 3.63) is 5.21 Å². The first-order valence-corrected chi connectivity index (χ1v) is 4.28. The SMILES string of the molecule is N#CCC[N+]1([O-])CCCC1C(=O)O. The van der Waals surface area contributed by atoms with E-state index in [0.717, 1.165) is 0 Å². The summed E-state index contributed by atoms with van der Waals surface area (Å²) in [4.78, 5) is 10.7. The van der Waals surface area contributed by atoms with Crippen molar-refractivity contribution in [3.63, 3.8) is 0 Å². The Labute approximate surface area is 76.4 Å². The number of quaternary nitrogens is 1. The van der Waals surface area contributed by atoms with Crippen LogP contribution < -0.4 is 0 Å². The fourth-order valence-electron chi connectivity index (χ4n) is 1.78. The van der Waals surface area contributed by atoms with Crippen molar-refractivity contribution in [1.82, 2.24) is 0 Å². The maximum Gasteiger partial charge on any atom is 0.362 e. The molecule has 1 fully saturated rings. The minimum atomic E-state index is -1.04. The summed E-state index contributed by atoms with van der Waals surface area (Å²) < 4.78 is -0.719. The lowest BCUT2D eigenvalue weighted by Crippen LogP contribution is -2.50. The first kappa shape index (κ1) is 9.96. The molecule has 1 N–H and O–H groups in total. The van der Waals surface area contributed by atoms with Gasteiger partial charge in [-0.15, -0.1) is 0 Å². The second-order valence-corrected chi connectivity index (χ2v) is 3.30. The zero-order chi connectivity index (χ0) is 9.90. The lowest BCUT2D eigenvalue weighted by atomic mass is 10.2. The Hall–Kier alpha value is -1.12. The molecule has 1 aliphatic heterocycles. The maximum atomic E-state index is 11.8. The highest BCUT2D eigenvalue weighted by Crippen LogP contribution is 2.26. The maximum absolute atomic E-state index is 11.8. The molecule has 5 nitrogen and oxygen atoms in total. The topological polar surface area (TPSA) is 84.1 Å². The molecule has 2 atom stereocenters. The van der Waals surface area contributed by atoms with E-state index in [1.165, 1.54) is 0 Å². The summed E-state index contributed by atoms with van der Waals surface area (Å²) in [5.74, 6) is -1.04. The number of nitrogens with zero attached hydrogens (tertiary/aromatic N) is 2. The summed E-state index contributed by atoms with van der Waals surface area (Å²) in [5.41, 5.74) is 0. The molecule has 0 aromatic heterocycles. The van der Waals surface area contributed by atoms with Gasteiger partial charge in [0.25, 0.3) is 0 Å². The van der Waals surface area contributed by atoms with Gasteiger partial charge in [-0.1, -0.05) is 0 Å². The number of hydrogen-bond acceptors (Lipinski definition) is 3. The van der Waals surface area contributed by atoms with Gasteiger partial charge in [-0.25, -0.2) is 4.79 Å². The molecule has 1 rings (SSSR count). The molecule has 2 unspecified atom stereocenters. The van der Waals surface area contributed by atoms with Crippen LogP contribution in [0, 0.1) is 16.5 Å². The summed E-state index contributed by atoms with van der Waals surface area (Å²) in [7, 11) is 0. The second kappa shape index (κ2) is 3.73. The van der Waals surface area contributed by atoms with Gasteiger partial charge in [0.1, 0.15) is 0 Å². The van der Waals surface area contributed by atoms with Crippen LogP contribution in [0.5, 0.6) is 0 Å². The molecule has 0 radical (unpaired) electrons. The van der Waals surface area contributed by atoms with Crippen LogP contribution in [0.15, 0.2) is 0 Å². The van der Waals surface area contributed by atoms with Gasteiger partial charge in [0.2, 0.25) is 0 Å². The van der Waals surface area contributed by atoms with Crippen LogP contribution in [0.25, 0.3) is 0 Å². The molecule has 0 aromatic carbocycles. The Balaban J connectivity index is 2.65. The third kappa shape index (κ3) is 1.97. The monoisotopic (exact) mass is 184 g/mol. The van der Waals surface area contributed by atoms with E-state index in [1.54, 1.807) is 0 Å². The molecule has 5 heteroatoms. The number of hydrogen-bond donors (Lipinski definition) is 1. The summed E-state index contributed by atoms with van der Waals surface area (Å²) in [6.45, 7) is 0.437. The average Bonchev–Trinajstić information content (AvgIpc) is 2.44. The van der Waals surface area contributed by atoms with Crippen molar-refractivity contribution in [2.24, 2.45) is 0 Å². The first-order valence-electron chi connectivity index (χ1n) is 4.28. The molecule has 0 spiro atoms. The van der Waals surface area contributed by atoms with Gasteiger partial charge in [-0.05, 0) is 0 Å². The van der Waals surface area contributed by atoms with Crippen LogP contribution in [0.4, 0.5) is 0 Å². The number of likely N-dealkylation sites (tertiary alicyclic amines) is 1. The Bertz CT molecular complexity index is 248. The fraction of sp³-hybridized carbons (Fsp3) is 0.750. The van der Waals surface area contributed by atoms with Crippen molar-refractivity contribution in [1.29, 1.82) is 5.26 Å². The van der Waals surface area contributed by atoms with Crippen molar-refractivity contribution in [2.75, 3.05) is 13.1 Å². The van der Waals surface area contributed by atoms with Gasteiger partial charge < -0.3 is 15.0 Å². The molecule has 0 aliphatic carbocycles. The van der Waals surface area contributed by atoms with Crippen molar-refractivity contribution >= 4 is 5.97 Å². The zero-order valence-corrected chi connectivity index (χ0v) is 7.27. The highest BCUT2D eigenvalue weighted by atomic mass is 16.6. The molecule has 1 aliphatic rings. The van der Waals surface area contributed by atoms with Crippen molar-refractivity contribution in [3.8, 4) is 6.07 Å². The van der Waals surface area contributed by atoms with Gasteiger partial charge in [-0.3, -0.25) is 0 Å². The standard InChI is InChI=1S/C8H12N2O3/c9-4-2-6-10(13)5-1-3-7(10)8(11)12/h7H,1-3,5-6H2,(H,11,12). The lowest BCUT2D eigenvalue weighted by molar-refractivity contribution is -0.883.